The Hall–Kier alpha value is -3.93. The van der Waals surface area contributed by atoms with E-state index >= 15 is 0 Å². The number of carbonyl (C=O) groups excluding carboxylic acids is 3. The number of hydrogen-bond donors (Lipinski definition) is 0. The molecule has 6 nitrogen and oxygen atoms in total. The van der Waals surface area contributed by atoms with Crippen LogP contribution in [0.25, 0.3) is 0 Å². The van der Waals surface area contributed by atoms with Crippen LogP contribution >= 0.6 is 0 Å². The summed E-state index contributed by atoms with van der Waals surface area (Å²) in [6.45, 7) is 7.80. The van der Waals surface area contributed by atoms with Crippen LogP contribution in [0.4, 0.5) is 11.4 Å². The molecule has 6 heteroatoms. The zero-order valence-electron chi connectivity index (χ0n) is 20.7. The van der Waals surface area contributed by atoms with Gasteiger partial charge in [0, 0.05) is 29.5 Å². The molecule has 180 valence electrons. The predicted octanol–water partition coefficient (Wildman–Crippen LogP) is 5.57. The lowest BCUT2D eigenvalue weighted by Crippen LogP contribution is -2.27. The fraction of sp³-hybridized carbons (Fsp3) is 0.276. The molecule has 1 atom stereocenters. The Morgan fingerprint density at radius 2 is 1.63 bits per heavy atom. The Labute approximate surface area is 206 Å². The van der Waals surface area contributed by atoms with Crippen LogP contribution in [0.1, 0.15) is 65.5 Å². The highest BCUT2D eigenvalue weighted by molar-refractivity contribution is 6.12. The molecule has 0 saturated carbocycles. The quantitative estimate of drug-likeness (QED) is 0.457. The first-order valence-electron chi connectivity index (χ1n) is 11.7. The zero-order chi connectivity index (χ0) is 25.3. The lowest BCUT2D eigenvalue weighted by Gasteiger charge is -2.23. The average Bonchev–Trinajstić information content (AvgIpc) is 3.18. The fourth-order valence-corrected chi connectivity index (χ4v) is 4.07. The lowest BCUT2D eigenvalue weighted by atomic mass is 10.0. The molecule has 0 spiro atoms. The van der Waals surface area contributed by atoms with Crippen LogP contribution in [-0.2, 0) is 16.1 Å². The molecule has 0 aliphatic carbocycles. The van der Waals surface area contributed by atoms with Crippen molar-refractivity contribution in [2.45, 2.75) is 45.8 Å². The van der Waals surface area contributed by atoms with Crippen molar-refractivity contribution in [1.29, 1.82) is 0 Å². The summed E-state index contributed by atoms with van der Waals surface area (Å²) < 4.78 is 5.49. The van der Waals surface area contributed by atoms with E-state index in [1.165, 1.54) is 0 Å². The monoisotopic (exact) mass is 470 g/mol. The Bertz CT molecular complexity index is 1260. The summed E-state index contributed by atoms with van der Waals surface area (Å²) in [7, 11) is 1.71. The molecule has 1 heterocycles. The summed E-state index contributed by atoms with van der Waals surface area (Å²) in [6.07, 6.45) is 0. The summed E-state index contributed by atoms with van der Waals surface area (Å²) in [5.74, 6) is -0.940. The molecule has 0 saturated heterocycles. The molecule has 2 amide bonds. The van der Waals surface area contributed by atoms with Crippen LogP contribution in [0, 0.1) is 0 Å². The topological polar surface area (TPSA) is 66.9 Å². The molecular weight excluding hydrogens is 440 g/mol. The first-order chi connectivity index (χ1) is 16.5. The van der Waals surface area contributed by atoms with E-state index < -0.39 is 11.5 Å². The van der Waals surface area contributed by atoms with E-state index in [-0.39, 0.29) is 17.8 Å². The van der Waals surface area contributed by atoms with Gasteiger partial charge in [0.1, 0.15) is 5.60 Å². The van der Waals surface area contributed by atoms with Gasteiger partial charge in [-0.15, -0.1) is 0 Å². The molecular formula is C29H30N2O4. The first kappa shape index (κ1) is 24.2. The molecule has 0 bridgehead atoms. The molecule has 4 rings (SSSR count). The minimum Gasteiger partial charge on any atom is -0.460 e. The van der Waals surface area contributed by atoms with Crippen molar-refractivity contribution in [3.05, 3.63) is 95.1 Å². The van der Waals surface area contributed by atoms with Gasteiger partial charge >= 0.3 is 5.97 Å². The second-order valence-corrected chi connectivity index (χ2v) is 9.81. The van der Waals surface area contributed by atoms with Crippen molar-refractivity contribution in [2.24, 2.45) is 0 Å². The minimum atomic E-state index is -0.544. The van der Waals surface area contributed by atoms with Gasteiger partial charge in [-0.3, -0.25) is 14.4 Å². The predicted molar refractivity (Wildman–Crippen MR) is 137 cm³/mol. The number of esters is 1. The van der Waals surface area contributed by atoms with Gasteiger partial charge in [-0.05, 0) is 75.2 Å². The molecule has 0 fully saturated rings. The zero-order valence-corrected chi connectivity index (χ0v) is 20.7. The third-order valence-electron chi connectivity index (χ3n) is 6.08. The van der Waals surface area contributed by atoms with Crippen LogP contribution in [0.5, 0.6) is 0 Å². The Kier molecular flexibility index (Phi) is 6.48. The smallest absolute Gasteiger partial charge is 0.313 e. The Morgan fingerprint density at radius 3 is 2.26 bits per heavy atom. The Balaban J connectivity index is 1.50. The first-order valence-corrected chi connectivity index (χ1v) is 11.7. The van der Waals surface area contributed by atoms with E-state index in [1.54, 1.807) is 35.0 Å². The van der Waals surface area contributed by atoms with E-state index in [4.69, 9.17) is 4.74 Å². The number of hydrogen-bond acceptors (Lipinski definition) is 4. The molecule has 1 aliphatic rings. The van der Waals surface area contributed by atoms with Crippen molar-refractivity contribution in [3.63, 3.8) is 0 Å². The maximum atomic E-state index is 13.2. The molecule has 0 aromatic heterocycles. The number of ether oxygens (including phenoxy) is 1. The standard InChI is InChI=1S/C29H30N2O4/c1-19(28(34)35-29(2,3)4)20-11-14-23(15-12-20)31-18-22-13-16-24(17-25(22)27(31)33)30(5)26(32)21-9-7-6-8-10-21/h6-17,19H,18H2,1-5H3. The van der Waals surface area contributed by atoms with Gasteiger partial charge in [0.15, 0.2) is 0 Å². The molecule has 1 unspecified atom stereocenters. The summed E-state index contributed by atoms with van der Waals surface area (Å²) in [5, 5.41) is 0. The van der Waals surface area contributed by atoms with Gasteiger partial charge in [-0.1, -0.05) is 36.4 Å². The van der Waals surface area contributed by atoms with Crippen molar-refractivity contribution >= 4 is 29.2 Å². The van der Waals surface area contributed by atoms with E-state index in [0.29, 0.717) is 23.4 Å². The highest BCUT2D eigenvalue weighted by atomic mass is 16.6. The van der Waals surface area contributed by atoms with Gasteiger partial charge in [-0.2, -0.15) is 0 Å². The van der Waals surface area contributed by atoms with Crippen LogP contribution in [0.2, 0.25) is 0 Å². The number of rotatable bonds is 5. The molecule has 0 N–H and O–H groups in total. The maximum Gasteiger partial charge on any atom is 0.313 e. The number of carbonyl (C=O) groups is 3. The second-order valence-electron chi connectivity index (χ2n) is 9.81. The van der Waals surface area contributed by atoms with Gasteiger partial charge in [-0.25, -0.2) is 0 Å². The second kappa shape index (κ2) is 9.37. The van der Waals surface area contributed by atoms with Crippen LogP contribution in [0.15, 0.2) is 72.8 Å². The largest absolute Gasteiger partial charge is 0.460 e. The number of nitrogens with zero attached hydrogens (tertiary/aromatic N) is 2. The summed E-state index contributed by atoms with van der Waals surface area (Å²) in [5.41, 5.74) is 3.78. The van der Waals surface area contributed by atoms with Gasteiger partial charge < -0.3 is 14.5 Å². The molecule has 35 heavy (non-hydrogen) atoms. The molecule has 3 aromatic rings. The van der Waals surface area contributed by atoms with E-state index in [2.05, 4.69) is 0 Å². The number of benzene rings is 3. The number of fused-ring (bicyclic) bond motifs is 1. The number of anilines is 2. The van der Waals surface area contributed by atoms with Crippen molar-refractivity contribution < 1.29 is 19.1 Å². The normalized spacial score (nSPS) is 13.9. The van der Waals surface area contributed by atoms with Crippen molar-refractivity contribution in [3.8, 4) is 0 Å². The van der Waals surface area contributed by atoms with E-state index in [9.17, 15) is 14.4 Å². The highest BCUT2D eigenvalue weighted by Crippen LogP contribution is 2.32. The molecule has 3 aromatic carbocycles. The van der Waals surface area contributed by atoms with Gasteiger partial charge in [0.2, 0.25) is 0 Å². The summed E-state index contributed by atoms with van der Waals surface area (Å²) in [4.78, 5) is 41.7. The molecule has 0 radical (unpaired) electrons. The fourth-order valence-electron chi connectivity index (χ4n) is 4.07. The van der Waals surface area contributed by atoms with Gasteiger partial charge in [0.25, 0.3) is 11.8 Å². The summed E-state index contributed by atoms with van der Waals surface area (Å²) in [6, 6.07) is 22.0. The van der Waals surface area contributed by atoms with E-state index in [1.807, 2.05) is 82.3 Å². The minimum absolute atomic E-state index is 0.115. The highest BCUT2D eigenvalue weighted by Gasteiger charge is 2.30. The van der Waals surface area contributed by atoms with Crippen LogP contribution in [-0.4, -0.2) is 30.4 Å². The van der Waals surface area contributed by atoms with Crippen LogP contribution in [0.3, 0.4) is 0 Å². The average molecular weight is 471 g/mol. The van der Waals surface area contributed by atoms with E-state index in [0.717, 1.165) is 16.8 Å². The molecule has 1 aliphatic heterocycles. The van der Waals surface area contributed by atoms with Crippen LogP contribution < -0.4 is 9.80 Å². The maximum absolute atomic E-state index is 13.2. The Morgan fingerprint density at radius 1 is 0.971 bits per heavy atom. The number of amides is 2. The van der Waals surface area contributed by atoms with Crippen molar-refractivity contribution in [1.82, 2.24) is 0 Å². The summed E-state index contributed by atoms with van der Waals surface area (Å²) >= 11 is 0. The lowest BCUT2D eigenvalue weighted by molar-refractivity contribution is -0.156. The third kappa shape index (κ3) is 5.11. The third-order valence-corrected chi connectivity index (χ3v) is 6.08. The SMILES string of the molecule is CC(C(=O)OC(C)(C)C)c1ccc(N2Cc3ccc(N(C)C(=O)c4ccccc4)cc3C2=O)cc1. The van der Waals surface area contributed by atoms with Gasteiger partial charge in [0.05, 0.1) is 12.5 Å². The van der Waals surface area contributed by atoms with Crippen molar-refractivity contribution in [2.75, 3.05) is 16.8 Å².